The lowest BCUT2D eigenvalue weighted by Crippen LogP contribution is -2.20. The van der Waals surface area contributed by atoms with Gasteiger partial charge in [-0.15, -0.1) is 0 Å². The first-order chi connectivity index (χ1) is 9.97. The third-order valence-electron chi connectivity index (χ3n) is 3.65. The summed E-state index contributed by atoms with van der Waals surface area (Å²) in [6.07, 6.45) is 0. The molecular formula is C17H19ClINO. The van der Waals surface area contributed by atoms with E-state index in [9.17, 15) is 0 Å². The van der Waals surface area contributed by atoms with Gasteiger partial charge in [0.25, 0.3) is 0 Å². The summed E-state index contributed by atoms with van der Waals surface area (Å²) in [7, 11) is 3.68. The first kappa shape index (κ1) is 16.6. The van der Waals surface area contributed by atoms with Gasteiger partial charge >= 0.3 is 0 Å². The zero-order valence-electron chi connectivity index (χ0n) is 12.6. The van der Waals surface area contributed by atoms with Gasteiger partial charge in [0.1, 0.15) is 5.75 Å². The van der Waals surface area contributed by atoms with Crippen LogP contribution in [-0.4, -0.2) is 14.2 Å². The first-order valence-electron chi connectivity index (χ1n) is 6.75. The minimum Gasteiger partial charge on any atom is -0.496 e. The van der Waals surface area contributed by atoms with E-state index >= 15 is 0 Å². The summed E-state index contributed by atoms with van der Waals surface area (Å²) < 4.78 is 6.60. The van der Waals surface area contributed by atoms with Gasteiger partial charge in [-0.05, 0) is 90.0 Å². The van der Waals surface area contributed by atoms with Gasteiger partial charge in [-0.3, -0.25) is 0 Å². The highest BCUT2D eigenvalue weighted by molar-refractivity contribution is 14.1. The van der Waals surface area contributed by atoms with Crippen LogP contribution in [0.15, 0.2) is 30.3 Å². The molecular weight excluding hydrogens is 397 g/mol. The number of benzene rings is 2. The minimum absolute atomic E-state index is 0.111. The zero-order valence-corrected chi connectivity index (χ0v) is 15.5. The lowest BCUT2D eigenvalue weighted by Gasteiger charge is -2.22. The number of hydrogen-bond donors (Lipinski definition) is 1. The molecule has 2 nitrogen and oxygen atoms in total. The SMILES string of the molecule is CNC(c1cc(C)c(OC)cc1C)c1cc(Cl)ccc1I. The molecule has 0 aliphatic rings. The largest absolute Gasteiger partial charge is 0.496 e. The van der Waals surface area contributed by atoms with Gasteiger partial charge in [-0.25, -0.2) is 0 Å². The molecule has 0 fully saturated rings. The molecule has 0 heterocycles. The Hall–Kier alpha value is -0.780. The third kappa shape index (κ3) is 3.52. The van der Waals surface area contributed by atoms with Crippen molar-refractivity contribution in [1.82, 2.24) is 5.32 Å². The Kier molecular flexibility index (Phi) is 5.52. The molecule has 2 aromatic rings. The molecule has 0 saturated carbocycles. The first-order valence-corrected chi connectivity index (χ1v) is 8.21. The fourth-order valence-corrected chi connectivity index (χ4v) is 3.38. The van der Waals surface area contributed by atoms with Crippen molar-refractivity contribution in [3.8, 4) is 5.75 Å². The Morgan fingerprint density at radius 2 is 1.81 bits per heavy atom. The number of halogens is 2. The molecule has 0 radical (unpaired) electrons. The molecule has 21 heavy (non-hydrogen) atoms. The Morgan fingerprint density at radius 3 is 2.43 bits per heavy atom. The van der Waals surface area contributed by atoms with Gasteiger partial charge in [0, 0.05) is 8.59 Å². The summed E-state index contributed by atoms with van der Waals surface area (Å²) in [6.45, 7) is 4.18. The molecule has 0 saturated heterocycles. The number of nitrogens with one attached hydrogen (secondary N) is 1. The molecule has 112 valence electrons. The van der Waals surface area contributed by atoms with Crippen LogP contribution in [-0.2, 0) is 0 Å². The third-order valence-corrected chi connectivity index (χ3v) is 4.87. The molecule has 2 aromatic carbocycles. The average molecular weight is 416 g/mol. The summed E-state index contributed by atoms with van der Waals surface area (Å²) in [5.74, 6) is 0.923. The average Bonchev–Trinajstić information content (AvgIpc) is 2.46. The molecule has 4 heteroatoms. The molecule has 1 N–H and O–H groups in total. The van der Waals surface area contributed by atoms with Crippen molar-refractivity contribution in [2.45, 2.75) is 19.9 Å². The van der Waals surface area contributed by atoms with Gasteiger partial charge in [-0.2, -0.15) is 0 Å². The summed E-state index contributed by atoms with van der Waals surface area (Å²) in [5, 5.41) is 4.16. The van der Waals surface area contributed by atoms with Gasteiger partial charge in [-0.1, -0.05) is 17.7 Å². The van der Waals surface area contributed by atoms with Crippen LogP contribution in [0.25, 0.3) is 0 Å². The Labute approximate surface area is 145 Å². The maximum absolute atomic E-state index is 6.17. The van der Waals surface area contributed by atoms with Crippen molar-refractivity contribution in [1.29, 1.82) is 0 Å². The molecule has 0 amide bonds. The van der Waals surface area contributed by atoms with Crippen LogP contribution in [0.3, 0.4) is 0 Å². The Balaban J connectivity index is 2.56. The minimum atomic E-state index is 0.111. The van der Waals surface area contributed by atoms with Crippen molar-refractivity contribution >= 4 is 34.2 Å². The molecule has 2 rings (SSSR count). The molecule has 0 spiro atoms. The number of rotatable bonds is 4. The van der Waals surface area contributed by atoms with E-state index in [1.807, 2.05) is 25.2 Å². The number of hydrogen-bond acceptors (Lipinski definition) is 2. The van der Waals surface area contributed by atoms with Crippen LogP contribution in [0.4, 0.5) is 0 Å². The predicted molar refractivity (Wildman–Crippen MR) is 97.5 cm³/mol. The highest BCUT2D eigenvalue weighted by Crippen LogP contribution is 2.33. The van der Waals surface area contributed by atoms with Gasteiger partial charge < -0.3 is 10.1 Å². The van der Waals surface area contributed by atoms with Gasteiger partial charge in [0.15, 0.2) is 0 Å². The van der Waals surface area contributed by atoms with Crippen LogP contribution in [0.5, 0.6) is 5.75 Å². The van der Waals surface area contributed by atoms with Crippen LogP contribution < -0.4 is 10.1 Å². The monoisotopic (exact) mass is 415 g/mol. The zero-order chi connectivity index (χ0) is 15.6. The standard InChI is InChI=1S/C17H19ClINO/c1-10-8-16(21-4)11(2)7-13(10)17(20-3)14-9-12(18)5-6-15(14)19/h5-9,17,20H,1-4H3. The quantitative estimate of drug-likeness (QED) is 0.719. The number of ether oxygens (including phenoxy) is 1. The van der Waals surface area contributed by atoms with Crippen LogP contribution in [0.2, 0.25) is 5.02 Å². The topological polar surface area (TPSA) is 21.3 Å². The molecule has 1 unspecified atom stereocenters. The maximum atomic E-state index is 6.17. The second-order valence-corrected chi connectivity index (χ2v) is 6.66. The molecule has 0 aliphatic carbocycles. The summed E-state index contributed by atoms with van der Waals surface area (Å²) >= 11 is 8.53. The second-order valence-electron chi connectivity index (χ2n) is 5.07. The van der Waals surface area contributed by atoms with E-state index in [4.69, 9.17) is 16.3 Å². The maximum Gasteiger partial charge on any atom is 0.122 e. The summed E-state index contributed by atoms with van der Waals surface area (Å²) in [4.78, 5) is 0. The van der Waals surface area contributed by atoms with E-state index in [1.54, 1.807) is 7.11 Å². The van der Waals surface area contributed by atoms with Crippen LogP contribution in [0.1, 0.15) is 28.3 Å². The van der Waals surface area contributed by atoms with Crippen LogP contribution in [0, 0.1) is 17.4 Å². The van der Waals surface area contributed by atoms with E-state index in [-0.39, 0.29) is 6.04 Å². The predicted octanol–water partition coefficient (Wildman–Crippen LogP) is 4.88. The summed E-state index contributed by atoms with van der Waals surface area (Å²) in [5.41, 5.74) is 4.78. The highest BCUT2D eigenvalue weighted by atomic mass is 127. The van der Waals surface area contributed by atoms with Crippen molar-refractivity contribution in [2.24, 2.45) is 0 Å². The van der Waals surface area contributed by atoms with E-state index < -0.39 is 0 Å². The normalized spacial score (nSPS) is 12.3. The summed E-state index contributed by atoms with van der Waals surface area (Å²) in [6, 6.07) is 10.4. The molecule has 1 atom stereocenters. The van der Waals surface area contributed by atoms with E-state index in [0.717, 1.165) is 16.3 Å². The van der Waals surface area contributed by atoms with E-state index in [2.05, 4.69) is 53.9 Å². The molecule has 0 bridgehead atoms. The van der Waals surface area contributed by atoms with Gasteiger partial charge in [0.2, 0.25) is 0 Å². The van der Waals surface area contributed by atoms with Crippen LogP contribution >= 0.6 is 34.2 Å². The molecule has 0 aromatic heterocycles. The highest BCUT2D eigenvalue weighted by Gasteiger charge is 2.18. The smallest absolute Gasteiger partial charge is 0.122 e. The Morgan fingerprint density at radius 1 is 1.10 bits per heavy atom. The van der Waals surface area contributed by atoms with Gasteiger partial charge in [0.05, 0.1) is 13.2 Å². The lowest BCUT2D eigenvalue weighted by atomic mass is 9.93. The second kappa shape index (κ2) is 6.99. The fraction of sp³-hybridized carbons (Fsp3) is 0.294. The van der Waals surface area contributed by atoms with Crippen molar-refractivity contribution < 1.29 is 4.74 Å². The Bertz CT molecular complexity index is 657. The van der Waals surface area contributed by atoms with E-state index in [1.165, 1.54) is 20.3 Å². The van der Waals surface area contributed by atoms with Crippen molar-refractivity contribution in [3.63, 3.8) is 0 Å². The molecule has 0 aliphatic heterocycles. The fourth-order valence-electron chi connectivity index (χ4n) is 2.56. The number of aryl methyl sites for hydroxylation is 2. The van der Waals surface area contributed by atoms with Crippen molar-refractivity contribution in [3.05, 3.63) is 61.2 Å². The van der Waals surface area contributed by atoms with Crippen molar-refractivity contribution in [2.75, 3.05) is 14.2 Å². The van der Waals surface area contributed by atoms with E-state index in [0.29, 0.717) is 0 Å². The lowest BCUT2D eigenvalue weighted by molar-refractivity contribution is 0.411. The number of methoxy groups -OCH3 is 1.